The molecule has 0 saturated heterocycles. The third-order valence-corrected chi connectivity index (χ3v) is 4.51. The number of nitrogens with one attached hydrogen (secondary N) is 1. The van der Waals surface area contributed by atoms with Crippen LogP contribution in [0.2, 0.25) is 5.02 Å². The van der Waals surface area contributed by atoms with Crippen molar-refractivity contribution >= 4 is 34.2 Å². The van der Waals surface area contributed by atoms with Gasteiger partial charge in [0.1, 0.15) is 5.75 Å². The summed E-state index contributed by atoms with van der Waals surface area (Å²) in [5, 5.41) is 4.11. The molecule has 0 heterocycles. The Hall–Kier alpha value is -0.780. The summed E-state index contributed by atoms with van der Waals surface area (Å²) in [5.74, 6) is 0.876. The zero-order valence-corrected chi connectivity index (χ0v) is 14.4. The van der Waals surface area contributed by atoms with E-state index in [2.05, 4.69) is 52.2 Å². The number of halogens is 2. The molecule has 20 heavy (non-hydrogen) atoms. The highest BCUT2D eigenvalue weighted by molar-refractivity contribution is 14.1. The minimum atomic E-state index is 0.232. The van der Waals surface area contributed by atoms with Gasteiger partial charge in [0.25, 0.3) is 0 Å². The van der Waals surface area contributed by atoms with Gasteiger partial charge in [-0.1, -0.05) is 29.8 Å². The van der Waals surface area contributed by atoms with Gasteiger partial charge in [-0.3, -0.25) is 0 Å². The van der Waals surface area contributed by atoms with Gasteiger partial charge >= 0.3 is 0 Å². The summed E-state index contributed by atoms with van der Waals surface area (Å²) in [6.07, 6.45) is 0.834. The number of hydrogen-bond donors (Lipinski definition) is 1. The molecule has 2 nitrogen and oxygen atoms in total. The van der Waals surface area contributed by atoms with Gasteiger partial charge in [-0.05, 0) is 71.5 Å². The third kappa shape index (κ3) is 3.65. The van der Waals surface area contributed by atoms with E-state index >= 15 is 0 Å². The van der Waals surface area contributed by atoms with Crippen LogP contribution in [0, 0.1) is 3.57 Å². The lowest BCUT2D eigenvalue weighted by atomic mass is 9.98. The molecular weight excluding hydrogens is 385 g/mol. The molecule has 106 valence electrons. The molecule has 1 N–H and O–H groups in total. The maximum Gasteiger partial charge on any atom is 0.122 e. The van der Waals surface area contributed by atoms with Crippen LogP contribution in [0.3, 0.4) is 0 Å². The van der Waals surface area contributed by atoms with E-state index in [1.165, 1.54) is 9.13 Å². The van der Waals surface area contributed by atoms with Crippen molar-refractivity contribution in [1.29, 1.82) is 0 Å². The molecule has 2 rings (SSSR count). The highest BCUT2D eigenvalue weighted by atomic mass is 127. The van der Waals surface area contributed by atoms with Gasteiger partial charge in [-0.25, -0.2) is 0 Å². The molecule has 4 heteroatoms. The van der Waals surface area contributed by atoms with E-state index in [0.717, 1.165) is 22.8 Å². The molecule has 0 aromatic heterocycles. The van der Waals surface area contributed by atoms with Crippen molar-refractivity contribution in [3.63, 3.8) is 0 Å². The van der Waals surface area contributed by atoms with Crippen LogP contribution in [-0.2, 0) is 6.42 Å². The van der Waals surface area contributed by atoms with E-state index in [-0.39, 0.29) is 6.04 Å². The molecule has 2 aromatic carbocycles. The number of ether oxygens (including phenoxy) is 1. The van der Waals surface area contributed by atoms with Crippen LogP contribution in [0.25, 0.3) is 0 Å². The second kappa shape index (κ2) is 7.29. The van der Waals surface area contributed by atoms with Gasteiger partial charge in [0.05, 0.1) is 7.11 Å². The maximum atomic E-state index is 6.10. The number of hydrogen-bond acceptors (Lipinski definition) is 2. The van der Waals surface area contributed by atoms with Crippen molar-refractivity contribution < 1.29 is 4.74 Å². The molecule has 0 radical (unpaired) electrons. The monoisotopic (exact) mass is 401 g/mol. The Morgan fingerprint density at radius 1 is 1.25 bits per heavy atom. The fourth-order valence-electron chi connectivity index (χ4n) is 2.25. The van der Waals surface area contributed by atoms with E-state index in [1.54, 1.807) is 7.11 Å². The van der Waals surface area contributed by atoms with Crippen LogP contribution in [-0.4, -0.2) is 14.2 Å². The lowest BCUT2D eigenvalue weighted by Crippen LogP contribution is -2.20. The SMILES string of the molecule is CNC(Cc1cc(Cl)ccc1OC)c1ccccc1I. The lowest BCUT2D eigenvalue weighted by molar-refractivity contribution is 0.406. The summed E-state index contributed by atoms with van der Waals surface area (Å²) < 4.78 is 6.68. The summed E-state index contributed by atoms with van der Waals surface area (Å²) >= 11 is 8.47. The molecule has 1 atom stereocenters. The quantitative estimate of drug-likeness (QED) is 0.747. The van der Waals surface area contributed by atoms with Crippen molar-refractivity contribution in [2.75, 3.05) is 14.2 Å². The number of benzene rings is 2. The molecule has 0 fully saturated rings. The molecule has 0 aliphatic carbocycles. The largest absolute Gasteiger partial charge is 0.496 e. The first-order chi connectivity index (χ1) is 9.65. The van der Waals surface area contributed by atoms with Crippen LogP contribution < -0.4 is 10.1 Å². The van der Waals surface area contributed by atoms with E-state index in [0.29, 0.717) is 0 Å². The smallest absolute Gasteiger partial charge is 0.122 e. The Morgan fingerprint density at radius 3 is 2.65 bits per heavy atom. The first-order valence-corrected chi connectivity index (χ1v) is 7.85. The number of likely N-dealkylation sites (N-methyl/N-ethyl adjacent to an activating group) is 1. The predicted octanol–water partition coefficient (Wildman–Crippen LogP) is 4.46. The fourth-order valence-corrected chi connectivity index (χ4v) is 3.21. The summed E-state index contributed by atoms with van der Waals surface area (Å²) in [6.45, 7) is 0. The standard InChI is InChI=1S/C16H17ClINO/c1-19-15(13-5-3-4-6-14(13)18)10-11-9-12(17)7-8-16(11)20-2/h3-9,15,19H,10H2,1-2H3. The molecule has 1 unspecified atom stereocenters. The molecule has 0 spiro atoms. The summed E-state index contributed by atoms with van der Waals surface area (Å²) in [5.41, 5.74) is 2.40. The first-order valence-electron chi connectivity index (χ1n) is 6.39. The topological polar surface area (TPSA) is 21.3 Å². The number of rotatable bonds is 5. The summed E-state index contributed by atoms with van der Waals surface area (Å²) in [7, 11) is 3.66. The molecule has 0 saturated carbocycles. The lowest BCUT2D eigenvalue weighted by Gasteiger charge is -2.20. The zero-order valence-electron chi connectivity index (χ0n) is 11.5. The second-order valence-corrected chi connectivity index (χ2v) is 6.12. The highest BCUT2D eigenvalue weighted by Crippen LogP contribution is 2.29. The van der Waals surface area contributed by atoms with Crippen molar-refractivity contribution in [1.82, 2.24) is 5.32 Å². The number of methoxy groups -OCH3 is 1. The third-order valence-electron chi connectivity index (χ3n) is 3.30. The molecule has 0 bridgehead atoms. The first kappa shape index (κ1) is 15.6. The Balaban J connectivity index is 2.31. The predicted molar refractivity (Wildman–Crippen MR) is 92.7 cm³/mol. The second-order valence-electron chi connectivity index (χ2n) is 4.52. The molecule has 0 amide bonds. The van der Waals surface area contributed by atoms with Crippen molar-refractivity contribution in [2.24, 2.45) is 0 Å². The maximum absolute atomic E-state index is 6.10. The minimum absolute atomic E-state index is 0.232. The molecule has 0 aliphatic rings. The van der Waals surface area contributed by atoms with E-state index < -0.39 is 0 Å². The average molecular weight is 402 g/mol. The Morgan fingerprint density at radius 2 is 2.00 bits per heavy atom. The Labute approximate surface area is 138 Å². The average Bonchev–Trinajstić information content (AvgIpc) is 2.46. The molecule has 2 aromatic rings. The zero-order chi connectivity index (χ0) is 14.5. The normalized spacial score (nSPS) is 12.2. The van der Waals surface area contributed by atoms with Crippen LogP contribution >= 0.6 is 34.2 Å². The van der Waals surface area contributed by atoms with Gasteiger partial charge in [-0.15, -0.1) is 0 Å². The van der Waals surface area contributed by atoms with Crippen LogP contribution in [0.4, 0.5) is 0 Å². The Kier molecular flexibility index (Phi) is 5.69. The van der Waals surface area contributed by atoms with Crippen molar-refractivity contribution in [3.05, 3.63) is 62.2 Å². The van der Waals surface area contributed by atoms with E-state index in [9.17, 15) is 0 Å². The van der Waals surface area contributed by atoms with E-state index in [1.807, 2.05) is 25.2 Å². The van der Waals surface area contributed by atoms with Gasteiger partial charge in [0.15, 0.2) is 0 Å². The minimum Gasteiger partial charge on any atom is -0.496 e. The molecule has 0 aliphatic heterocycles. The van der Waals surface area contributed by atoms with Gasteiger partial charge in [0, 0.05) is 14.6 Å². The van der Waals surface area contributed by atoms with Crippen LogP contribution in [0.1, 0.15) is 17.2 Å². The Bertz CT molecular complexity index is 588. The van der Waals surface area contributed by atoms with Crippen molar-refractivity contribution in [3.8, 4) is 5.75 Å². The van der Waals surface area contributed by atoms with Gasteiger partial charge in [-0.2, -0.15) is 0 Å². The van der Waals surface area contributed by atoms with Gasteiger partial charge in [0.2, 0.25) is 0 Å². The highest BCUT2D eigenvalue weighted by Gasteiger charge is 2.15. The van der Waals surface area contributed by atoms with Crippen LogP contribution in [0.15, 0.2) is 42.5 Å². The van der Waals surface area contributed by atoms with Crippen molar-refractivity contribution in [2.45, 2.75) is 12.5 Å². The summed E-state index contributed by atoms with van der Waals surface area (Å²) in [4.78, 5) is 0. The van der Waals surface area contributed by atoms with E-state index in [4.69, 9.17) is 16.3 Å². The van der Waals surface area contributed by atoms with Gasteiger partial charge < -0.3 is 10.1 Å². The summed E-state index contributed by atoms with van der Waals surface area (Å²) in [6, 6.07) is 14.4. The fraction of sp³-hybridized carbons (Fsp3) is 0.250. The van der Waals surface area contributed by atoms with Crippen LogP contribution in [0.5, 0.6) is 5.75 Å². The molecular formula is C16H17ClINO.